The van der Waals surface area contributed by atoms with Crippen LogP contribution in [0, 0.1) is 0 Å². The topological polar surface area (TPSA) is 51.2 Å². The average molecular weight is 513 g/mol. The first kappa shape index (κ1) is 27.6. The van der Waals surface area contributed by atoms with Gasteiger partial charge in [0.05, 0.1) is 20.4 Å². The monoisotopic (exact) mass is 512 g/mol. The molecule has 0 radical (unpaired) electrons. The zero-order valence-electron chi connectivity index (χ0n) is 21.8. The molecule has 0 bridgehead atoms. The summed E-state index contributed by atoms with van der Waals surface area (Å²) in [7, 11) is 5.27. The van der Waals surface area contributed by atoms with Gasteiger partial charge in [0.1, 0.15) is 5.75 Å². The maximum Gasteiger partial charge on any atom is 0.255 e. The number of halogens is 1. The van der Waals surface area contributed by atoms with Gasteiger partial charge in [-0.15, -0.1) is 12.4 Å². The molecule has 0 spiro atoms. The highest BCUT2D eigenvalue weighted by molar-refractivity contribution is 5.97. The number of carbonyl (C=O) groups is 1. The standard InChI is InChI=1S/C29H36N2O4.ClH/c1-6-10-28(35-23-14-13-20-11-8-9-12-21(20)17-23)30(3)27(7-2)31-16-15-22-18-25(33-4)26(34-5)19-24(22)29(31)32;/h8-9,11-14,17-19,27-28H,6-7,10,15-16H2,1-5H3;1H. The van der Waals surface area contributed by atoms with Crippen LogP contribution >= 0.6 is 12.4 Å². The molecule has 6 nitrogen and oxygen atoms in total. The molecule has 1 heterocycles. The lowest BCUT2D eigenvalue weighted by Gasteiger charge is -2.43. The van der Waals surface area contributed by atoms with E-state index in [1.54, 1.807) is 14.2 Å². The van der Waals surface area contributed by atoms with Crippen LogP contribution in [0.25, 0.3) is 10.8 Å². The molecule has 0 aromatic heterocycles. The fourth-order valence-electron chi connectivity index (χ4n) is 5.02. The molecule has 0 aliphatic carbocycles. The van der Waals surface area contributed by atoms with Crippen LogP contribution in [0.5, 0.6) is 17.2 Å². The normalized spacial score (nSPS) is 14.7. The van der Waals surface area contributed by atoms with Crippen molar-refractivity contribution in [2.24, 2.45) is 0 Å². The van der Waals surface area contributed by atoms with Crippen LogP contribution in [-0.2, 0) is 6.42 Å². The van der Waals surface area contributed by atoms with Gasteiger partial charge in [0.25, 0.3) is 5.91 Å². The molecule has 36 heavy (non-hydrogen) atoms. The summed E-state index contributed by atoms with van der Waals surface area (Å²) in [6.45, 7) is 4.93. The van der Waals surface area contributed by atoms with Gasteiger partial charge in [0.2, 0.25) is 0 Å². The predicted octanol–water partition coefficient (Wildman–Crippen LogP) is 6.15. The number of nitrogens with zero attached hydrogens (tertiary/aromatic N) is 2. The third-order valence-electron chi connectivity index (χ3n) is 6.90. The van der Waals surface area contributed by atoms with Crippen LogP contribution in [0.2, 0.25) is 0 Å². The Balaban J connectivity index is 0.00000361. The van der Waals surface area contributed by atoms with Gasteiger partial charge < -0.3 is 19.1 Å². The molecule has 3 aromatic carbocycles. The van der Waals surface area contributed by atoms with Crippen molar-refractivity contribution in [1.82, 2.24) is 9.80 Å². The van der Waals surface area contributed by atoms with E-state index in [4.69, 9.17) is 14.2 Å². The number of methoxy groups -OCH3 is 2. The minimum Gasteiger partial charge on any atom is -0.493 e. The molecule has 1 amide bonds. The van der Waals surface area contributed by atoms with Crippen LogP contribution < -0.4 is 14.2 Å². The minimum atomic E-state index is -0.147. The third-order valence-corrected chi connectivity index (χ3v) is 6.90. The molecule has 0 saturated heterocycles. The second-order valence-corrected chi connectivity index (χ2v) is 9.04. The number of benzene rings is 3. The van der Waals surface area contributed by atoms with E-state index in [2.05, 4.69) is 50.1 Å². The first-order chi connectivity index (χ1) is 17.0. The van der Waals surface area contributed by atoms with Gasteiger partial charge >= 0.3 is 0 Å². The lowest BCUT2D eigenvalue weighted by atomic mass is 9.97. The lowest BCUT2D eigenvalue weighted by Crippen LogP contribution is -2.55. The molecule has 2 atom stereocenters. The largest absolute Gasteiger partial charge is 0.493 e. The number of carbonyl (C=O) groups excluding carboxylic acids is 1. The summed E-state index contributed by atoms with van der Waals surface area (Å²) in [5.41, 5.74) is 1.68. The van der Waals surface area contributed by atoms with E-state index >= 15 is 0 Å². The summed E-state index contributed by atoms with van der Waals surface area (Å²) in [5.74, 6) is 2.10. The summed E-state index contributed by atoms with van der Waals surface area (Å²) in [4.78, 5) is 17.8. The van der Waals surface area contributed by atoms with Crippen LogP contribution in [0.15, 0.2) is 54.6 Å². The highest BCUT2D eigenvalue weighted by atomic mass is 35.5. The summed E-state index contributed by atoms with van der Waals surface area (Å²) in [6, 6.07) is 18.2. The van der Waals surface area contributed by atoms with Crippen molar-refractivity contribution in [3.63, 3.8) is 0 Å². The first-order valence-corrected chi connectivity index (χ1v) is 12.4. The van der Waals surface area contributed by atoms with E-state index in [0.29, 0.717) is 23.6 Å². The van der Waals surface area contributed by atoms with Crippen LogP contribution in [0.3, 0.4) is 0 Å². The Hall–Kier alpha value is -2.96. The van der Waals surface area contributed by atoms with E-state index in [1.165, 1.54) is 5.39 Å². The second kappa shape index (κ2) is 12.3. The van der Waals surface area contributed by atoms with Gasteiger partial charge in [-0.05, 0) is 66.9 Å². The van der Waals surface area contributed by atoms with Crippen molar-refractivity contribution in [3.05, 3.63) is 65.7 Å². The molecule has 0 fully saturated rings. The fraction of sp³-hybridized carbons (Fsp3) is 0.414. The number of ether oxygens (including phenoxy) is 3. The molecule has 1 aliphatic heterocycles. The predicted molar refractivity (Wildman–Crippen MR) is 147 cm³/mol. The Bertz CT molecular complexity index is 1190. The Kier molecular flexibility index (Phi) is 9.46. The maximum absolute atomic E-state index is 13.6. The number of fused-ring (bicyclic) bond motifs is 2. The Labute approximate surface area is 220 Å². The number of hydrogen-bond acceptors (Lipinski definition) is 5. The Morgan fingerprint density at radius 3 is 2.33 bits per heavy atom. The quantitative estimate of drug-likeness (QED) is 0.305. The molecule has 4 rings (SSSR count). The molecular weight excluding hydrogens is 476 g/mol. The summed E-state index contributed by atoms with van der Waals surface area (Å²) >= 11 is 0. The number of rotatable bonds is 10. The molecule has 0 saturated carbocycles. The van der Waals surface area contributed by atoms with E-state index < -0.39 is 0 Å². The highest BCUT2D eigenvalue weighted by Gasteiger charge is 2.35. The van der Waals surface area contributed by atoms with Gasteiger partial charge in [0.15, 0.2) is 17.7 Å². The van der Waals surface area contributed by atoms with Gasteiger partial charge in [-0.25, -0.2) is 0 Å². The van der Waals surface area contributed by atoms with E-state index in [9.17, 15) is 4.79 Å². The molecule has 3 aromatic rings. The van der Waals surface area contributed by atoms with Crippen molar-refractivity contribution in [3.8, 4) is 17.2 Å². The van der Waals surface area contributed by atoms with Gasteiger partial charge in [0, 0.05) is 12.1 Å². The lowest BCUT2D eigenvalue weighted by molar-refractivity contribution is -0.0434. The Morgan fingerprint density at radius 2 is 1.67 bits per heavy atom. The smallest absolute Gasteiger partial charge is 0.255 e. The zero-order chi connectivity index (χ0) is 24.9. The minimum absolute atomic E-state index is 0. The molecule has 7 heteroatoms. The molecule has 1 aliphatic rings. The molecule has 194 valence electrons. The van der Waals surface area contributed by atoms with Crippen molar-refractivity contribution in [2.75, 3.05) is 27.8 Å². The van der Waals surface area contributed by atoms with E-state index in [1.807, 2.05) is 35.2 Å². The maximum atomic E-state index is 13.6. The van der Waals surface area contributed by atoms with Gasteiger partial charge in [-0.2, -0.15) is 0 Å². The Morgan fingerprint density at radius 1 is 0.972 bits per heavy atom. The third kappa shape index (κ3) is 5.55. The van der Waals surface area contributed by atoms with Crippen molar-refractivity contribution < 1.29 is 19.0 Å². The van der Waals surface area contributed by atoms with Gasteiger partial charge in [-0.1, -0.05) is 50.6 Å². The first-order valence-electron chi connectivity index (χ1n) is 12.4. The average Bonchev–Trinajstić information content (AvgIpc) is 2.89. The van der Waals surface area contributed by atoms with Crippen LogP contribution in [0.4, 0.5) is 0 Å². The highest BCUT2D eigenvalue weighted by Crippen LogP contribution is 2.34. The summed E-state index contributed by atoms with van der Waals surface area (Å²) in [6.07, 6.45) is 3.18. The van der Waals surface area contributed by atoms with E-state index in [0.717, 1.165) is 42.4 Å². The summed E-state index contributed by atoms with van der Waals surface area (Å²) < 4.78 is 17.4. The van der Waals surface area contributed by atoms with E-state index in [-0.39, 0.29) is 30.7 Å². The van der Waals surface area contributed by atoms with Crippen molar-refractivity contribution >= 4 is 29.1 Å². The zero-order valence-corrected chi connectivity index (χ0v) is 22.6. The van der Waals surface area contributed by atoms with Crippen molar-refractivity contribution in [2.45, 2.75) is 51.9 Å². The molecular formula is C29H37ClN2O4. The fourth-order valence-corrected chi connectivity index (χ4v) is 5.02. The summed E-state index contributed by atoms with van der Waals surface area (Å²) in [5, 5.41) is 2.35. The molecule has 0 N–H and O–H groups in total. The van der Waals surface area contributed by atoms with Crippen LogP contribution in [0.1, 0.15) is 49.0 Å². The van der Waals surface area contributed by atoms with Crippen molar-refractivity contribution in [1.29, 1.82) is 0 Å². The van der Waals surface area contributed by atoms with Crippen LogP contribution in [-0.4, -0.2) is 55.9 Å². The molecule has 2 unspecified atom stereocenters. The van der Waals surface area contributed by atoms with Gasteiger partial charge in [-0.3, -0.25) is 9.69 Å². The number of amides is 1. The SMILES string of the molecule is CCCC(Oc1ccc2ccccc2c1)N(C)C(CC)N1CCc2cc(OC)c(OC)cc2C1=O.Cl. The second-order valence-electron chi connectivity index (χ2n) is 9.04. The number of hydrogen-bond donors (Lipinski definition) is 0.